The van der Waals surface area contributed by atoms with Crippen LogP contribution in [0.3, 0.4) is 0 Å². The Labute approximate surface area is 147 Å². The maximum Gasteiger partial charge on any atom is 0.410 e. The molecular weight excluding hydrogens is 320 g/mol. The third kappa shape index (κ3) is 3.08. The predicted octanol–water partition coefficient (Wildman–Crippen LogP) is 1.21. The highest BCUT2D eigenvalue weighted by molar-refractivity contribution is 5.92. The van der Waals surface area contributed by atoms with Gasteiger partial charge in [0, 0.05) is 51.9 Å². The zero-order valence-corrected chi connectivity index (χ0v) is 14.6. The van der Waals surface area contributed by atoms with Crippen molar-refractivity contribution in [1.29, 1.82) is 0 Å². The lowest BCUT2D eigenvalue weighted by Crippen LogP contribution is -2.47. The van der Waals surface area contributed by atoms with Crippen LogP contribution in [-0.4, -0.2) is 83.1 Å². The van der Waals surface area contributed by atoms with Gasteiger partial charge in [0.05, 0.1) is 6.54 Å². The van der Waals surface area contributed by atoms with E-state index < -0.39 is 0 Å². The van der Waals surface area contributed by atoms with Crippen molar-refractivity contribution in [3.05, 3.63) is 30.1 Å². The highest BCUT2D eigenvalue weighted by Crippen LogP contribution is 2.34. The van der Waals surface area contributed by atoms with Crippen LogP contribution in [0.2, 0.25) is 0 Å². The zero-order chi connectivity index (χ0) is 17.4. The summed E-state index contributed by atoms with van der Waals surface area (Å²) in [7, 11) is 1.79. The second-order valence-electron chi connectivity index (χ2n) is 7.37. The number of rotatable bonds is 2. The molecule has 3 aliphatic heterocycles. The molecule has 0 unspecified atom stereocenters. The van der Waals surface area contributed by atoms with E-state index in [2.05, 4.69) is 9.88 Å². The van der Waals surface area contributed by atoms with Gasteiger partial charge in [0.1, 0.15) is 11.3 Å². The Morgan fingerprint density at radius 2 is 2.04 bits per heavy atom. The number of pyridine rings is 1. The Kier molecular flexibility index (Phi) is 4.11. The van der Waals surface area contributed by atoms with Crippen molar-refractivity contribution in [2.75, 3.05) is 39.8 Å². The summed E-state index contributed by atoms with van der Waals surface area (Å²) >= 11 is 0. The number of ether oxygens (including phenoxy) is 1. The maximum absolute atomic E-state index is 12.5. The van der Waals surface area contributed by atoms with E-state index in [1.165, 1.54) is 0 Å². The summed E-state index contributed by atoms with van der Waals surface area (Å²) in [6.07, 6.45) is 4.26. The summed E-state index contributed by atoms with van der Waals surface area (Å²) in [5, 5.41) is 0. The number of likely N-dealkylation sites (tertiary alicyclic amines) is 2. The van der Waals surface area contributed by atoms with E-state index in [-0.39, 0.29) is 17.6 Å². The molecule has 1 aromatic heterocycles. The average molecular weight is 344 g/mol. The first kappa shape index (κ1) is 16.3. The molecule has 0 saturated carbocycles. The second-order valence-corrected chi connectivity index (χ2v) is 7.37. The summed E-state index contributed by atoms with van der Waals surface area (Å²) in [6, 6.07) is 5.89. The number of carbonyl (C=O) groups excluding carboxylic acids is 2. The fourth-order valence-electron chi connectivity index (χ4n) is 4.28. The van der Waals surface area contributed by atoms with E-state index in [1.54, 1.807) is 24.2 Å². The van der Waals surface area contributed by atoms with Crippen molar-refractivity contribution >= 4 is 12.0 Å². The first-order valence-electron chi connectivity index (χ1n) is 8.95. The molecule has 4 rings (SSSR count). The molecule has 134 valence electrons. The molecule has 0 radical (unpaired) electrons. The summed E-state index contributed by atoms with van der Waals surface area (Å²) in [4.78, 5) is 34.4. The van der Waals surface area contributed by atoms with Crippen LogP contribution >= 0.6 is 0 Å². The van der Waals surface area contributed by atoms with Crippen LogP contribution in [0, 0.1) is 0 Å². The van der Waals surface area contributed by atoms with Gasteiger partial charge < -0.3 is 14.5 Å². The molecule has 0 N–H and O–H groups in total. The van der Waals surface area contributed by atoms with Gasteiger partial charge >= 0.3 is 6.09 Å². The van der Waals surface area contributed by atoms with E-state index in [0.717, 1.165) is 45.4 Å². The molecule has 1 atom stereocenters. The van der Waals surface area contributed by atoms with Crippen molar-refractivity contribution in [2.24, 2.45) is 0 Å². The van der Waals surface area contributed by atoms with Crippen molar-refractivity contribution in [3.63, 3.8) is 0 Å². The van der Waals surface area contributed by atoms with E-state index in [4.69, 9.17) is 4.74 Å². The largest absolute Gasteiger partial charge is 0.439 e. The Hall–Kier alpha value is -2.15. The third-order valence-corrected chi connectivity index (χ3v) is 5.64. The fourth-order valence-corrected chi connectivity index (χ4v) is 4.28. The van der Waals surface area contributed by atoms with Crippen LogP contribution in [0.4, 0.5) is 4.79 Å². The van der Waals surface area contributed by atoms with Gasteiger partial charge in [-0.1, -0.05) is 6.07 Å². The third-order valence-electron chi connectivity index (χ3n) is 5.64. The number of aromatic nitrogens is 1. The van der Waals surface area contributed by atoms with Crippen LogP contribution in [-0.2, 0) is 4.74 Å². The van der Waals surface area contributed by atoms with Gasteiger partial charge in [-0.2, -0.15) is 0 Å². The Balaban J connectivity index is 1.32. The van der Waals surface area contributed by atoms with E-state index >= 15 is 0 Å². The van der Waals surface area contributed by atoms with Gasteiger partial charge in [0.25, 0.3) is 5.91 Å². The molecule has 0 bridgehead atoms. The molecule has 0 aromatic carbocycles. The Morgan fingerprint density at radius 1 is 1.24 bits per heavy atom. The molecule has 1 spiro atoms. The van der Waals surface area contributed by atoms with Crippen LogP contribution in [0.5, 0.6) is 0 Å². The van der Waals surface area contributed by atoms with E-state index in [0.29, 0.717) is 18.3 Å². The maximum atomic E-state index is 12.5. The Morgan fingerprint density at radius 3 is 2.68 bits per heavy atom. The van der Waals surface area contributed by atoms with E-state index in [9.17, 15) is 9.59 Å². The van der Waals surface area contributed by atoms with Crippen LogP contribution in [0.1, 0.15) is 29.8 Å². The fraction of sp³-hybridized carbons (Fsp3) is 0.611. The van der Waals surface area contributed by atoms with Crippen molar-refractivity contribution in [3.8, 4) is 0 Å². The summed E-state index contributed by atoms with van der Waals surface area (Å²) < 4.78 is 5.63. The SMILES string of the molecule is CN1C[C@]2(CCN(C3CCN(C(=O)c4ccccn4)CC3)C2)OC1=O. The molecule has 3 aliphatic rings. The molecule has 7 heteroatoms. The lowest BCUT2D eigenvalue weighted by molar-refractivity contribution is 0.0465. The number of amides is 2. The number of likely N-dealkylation sites (N-methyl/N-ethyl adjacent to an activating group) is 1. The summed E-state index contributed by atoms with van der Waals surface area (Å²) in [5.74, 6) is 0.0169. The molecule has 25 heavy (non-hydrogen) atoms. The zero-order valence-electron chi connectivity index (χ0n) is 14.6. The molecule has 3 fully saturated rings. The quantitative estimate of drug-likeness (QED) is 0.807. The van der Waals surface area contributed by atoms with E-state index in [1.807, 2.05) is 17.0 Å². The molecule has 3 saturated heterocycles. The standard InChI is InChI=1S/C18H24N4O3/c1-20-12-18(25-17(20)24)7-11-22(13-18)14-5-9-21(10-6-14)16(23)15-4-2-3-8-19-15/h2-4,8,14H,5-7,9-13H2,1H3/t18-/m0/s1. The topological polar surface area (TPSA) is 66.0 Å². The number of hydrogen-bond donors (Lipinski definition) is 0. The van der Waals surface area contributed by atoms with Gasteiger partial charge in [0.15, 0.2) is 0 Å². The summed E-state index contributed by atoms with van der Waals surface area (Å²) in [6.45, 7) is 3.95. The second kappa shape index (κ2) is 6.29. The minimum atomic E-state index is -0.327. The summed E-state index contributed by atoms with van der Waals surface area (Å²) in [5.41, 5.74) is 0.189. The van der Waals surface area contributed by atoms with Gasteiger partial charge in [-0.05, 0) is 25.0 Å². The minimum absolute atomic E-state index is 0.0169. The highest BCUT2D eigenvalue weighted by atomic mass is 16.6. The Bertz CT molecular complexity index is 660. The lowest BCUT2D eigenvalue weighted by Gasteiger charge is -2.37. The number of piperidine rings is 1. The van der Waals surface area contributed by atoms with Crippen molar-refractivity contribution in [1.82, 2.24) is 19.7 Å². The lowest BCUT2D eigenvalue weighted by atomic mass is 10.0. The number of carbonyl (C=O) groups is 2. The predicted molar refractivity (Wildman–Crippen MR) is 91.2 cm³/mol. The monoisotopic (exact) mass is 344 g/mol. The number of nitrogens with zero attached hydrogens (tertiary/aromatic N) is 4. The minimum Gasteiger partial charge on any atom is -0.439 e. The normalized spacial score (nSPS) is 28.0. The van der Waals surface area contributed by atoms with Crippen molar-refractivity contribution in [2.45, 2.75) is 30.9 Å². The van der Waals surface area contributed by atoms with Crippen LogP contribution < -0.4 is 0 Å². The van der Waals surface area contributed by atoms with Gasteiger partial charge in [-0.15, -0.1) is 0 Å². The molecule has 1 aromatic rings. The molecule has 4 heterocycles. The number of hydrogen-bond acceptors (Lipinski definition) is 5. The smallest absolute Gasteiger partial charge is 0.410 e. The highest BCUT2D eigenvalue weighted by Gasteiger charge is 2.49. The van der Waals surface area contributed by atoms with Gasteiger partial charge in [-0.25, -0.2) is 4.79 Å². The molecular formula is C18H24N4O3. The van der Waals surface area contributed by atoms with Gasteiger partial charge in [0.2, 0.25) is 0 Å². The van der Waals surface area contributed by atoms with Crippen LogP contribution in [0.15, 0.2) is 24.4 Å². The average Bonchev–Trinajstić information content (AvgIpc) is 3.17. The molecule has 2 amide bonds. The molecule has 7 nitrogen and oxygen atoms in total. The first-order chi connectivity index (χ1) is 12.1. The molecule has 0 aliphatic carbocycles. The van der Waals surface area contributed by atoms with Crippen LogP contribution in [0.25, 0.3) is 0 Å². The first-order valence-corrected chi connectivity index (χ1v) is 8.95. The van der Waals surface area contributed by atoms with Crippen molar-refractivity contribution < 1.29 is 14.3 Å². The van der Waals surface area contributed by atoms with Gasteiger partial charge in [-0.3, -0.25) is 14.7 Å².